The quantitative estimate of drug-likeness (QED) is 0.445. The maximum Gasteiger partial charge on any atom is 0.152 e. The number of anilines is 1. The second-order valence-corrected chi connectivity index (χ2v) is 3.72. The van der Waals surface area contributed by atoms with Gasteiger partial charge in [-0.1, -0.05) is 0 Å². The molecule has 0 aromatic heterocycles. The van der Waals surface area contributed by atoms with Crippen molar-refractivity contribution in [3.8, 4) is 0 Å². The summed E-state index contributed by atoms with van der Waals surface area (Å²) in [5.74, 6) is -0.291. The highest BCUT2D eigenvalue weighted by atomic mass is 127. The zero-order valence-corrected chi connectivity index (χ0v) is 8.61. The smallest absolute Gasteiger partial charge is 0.152 e. The van der Waals surface area contributed by atoms with Crippen molar-refractivity contribution >= 4 is 44.2 Å². The van der Waals surface area contributed by atoms with Gasteiger partial charge in [-0.3, -0.25) is 0 Å². The van der Waals surface area contributed by atoms with Gasteiger partial charge in [0.05, 0.1) is 8.04 Å². The van der Waals surface area contributed by atoms with Gasteiger partial charge in [-0.25, -0.2) is 4.39 Å². The van der Waals surface area contributed by atoms with E-state index in [9.17, 15) is 4.39 Å². The van der Waals surface area contributed by atoms with E-state index in [0.29, 0.717) is 13.7 Å². The maximum atomic E-state index is 12.9. The summed E-state index contributed by atoms with van der Waals surface area (Å²) in [5, 5.41) is 0. The van der Waals surface area contributed by atoms with E-state index >= 15 is 0 Å². The van der Waals surface area contributed by atoms with Gasteiger partial charge in [0.1, 0.15) is 0 Å². The lowest BCUT2D eigenvalue weighted by molar-refractivity contribution is 0.614. The minimum absolute atomic E-state index is 0.291. The molecule has 0 radical (unpaired) electrons. The Morgan fingerprint density at radius 2 is 2.10 bits per heavy atom. The molecule has 54 valence electrons. The standard InChI is InChI=1S/C6H4BrFIN/c7-5-4(10)2-1-3(9)6(5)8/h1-2H,10H2. The van der Waals surface area contributed by atoms with Gasteiger partial charge in [0.2, 0.25) is 0 Å². The Balaban J connectivity index is 3.34. The molecular formula is C6H4BrFIN. The predicted octanol–water partition coefficient (Wildman–Crippen LogP) is 2.78. The molecule has 0 spiro atoms. The monoisotopic (exact) mass is 315 g/mol. The average Bonchev–Trinajstić information content (AvgIpc) is 1.93. The molecule has 0 unspecified atom stereocenters. The van der Waals surface area contributed by atoms with Gasteiger partial charge >= 0.3 is 0 Å². The first-order valence-electron chi connectivity index (χ1n) is 2.52. The fourth-order valence-corrected chi connectivity index (χ4v) is 1.71. The van der Waals surface area contributed by atoms with Crippen LogP contribution in [0.2, 0.25) is 0 Å². The van der Waals surface area contributed by atoms with E-state index in [2.05, 4.69) is 15.9 Å². The summed E-state index contributed by atoms with van der Waals surface area (Å²) < 4.78 is 13.8. The minimum Gasteiger partial charge on any atom is -0.398 e. The molecule has 2 N–H and O–H groups in total. The highest BCUT2D eigenvalue weighted by Crippen LogP contribution is 2.25. The highest BCUT2D eigenvalue weighted by molar-refractivity contribution is 14.1. The van der Waals surface area contributed by atoms with Crippen molar-refractivity contribution in [2.45, 2.75) is 0 Å². The lowest BCUT2D eigenvalue weighted by Crippen LogP contribution is -1.91. The molecular weight excluding hydrogens is 312 g/mol. The molecule has 0 fully saturated rings. The molecule has 4 heteroatoms. The lowest BCUT2D eigenvalue weighted by atomic mass is 10.3. The fourth-order valence-electron chi connectivity index (χ4n) is 0.541. The normalized spacial score (nSPS) is 9.90. The van der Waals surface area contributed by atoms with E-state index in [1.807, 2.05) is 22.6 Å². The molecule has 0 aliphatic heterocycles. The third-order valence-corrected chi connectivity index (χ3v) is 2.70. The SMILES string of the molecule is Nc1ccc(I)c(F)c1Br. The van der Waals surface area contributed by atoms with Crippen molar-refractivity contribution in [2.24, 2.45) is 0 Å². The molecule has 0 aliphatic carbocycles. The number of hydrogen-bond donors (Lipinski definition) is 1. The number of rotatable bonds is 0. The summed E-state index contributed by atoms with van der Waals surface area (Å²) in [6.45, 7) is 0. The van der Waals surface area contributed by atoms with E-state index in [-0.39, 0.29) is 5.82 Å². The Morgan fingerprint density at radius 1 is 1.50 bits per heavy atom. The van der Waals surface area contributed by atoms with Crippen LogP contribution < -0.4 is 5.73 Å². The molecule has 0 amide bonds. The van der Waals surface area contributed by atoms with Gasteiger partial charge in [0.25, 0.3) is 0 Å². The van der Waals surface area contributed by atoms with Gasteiger partial charge in [-0.05, 0) is 50.7 Å². The van der Waals surface area contributed by atoms with Crippen LogP contribution in [0, 0.1) is 9.39 Å². The van der Waals surface area contributed by atoms with Crippen LogP contribution >= 0.6 is 38.5 Å². The molecule has 1 aromatic carbocycles. The van der Waals surface area contributed by atoms with Gasteiger partial charge < -0.3 is 5.73 Å². The summed E-state index contributed by atoms with van der Waals surface area (Å²) in [6, 6.07) is 3.30. The average molecular weight is 316 g/mol. The molecule has 0 saturated carbocycles. The van der Waals surface area contributed by atoms with Crippen molar-refractivity contribution in [3.05, 3.63) is 26.0 Å². The molecule has 0 heterocycles. The first-order valence-corrected chi connectivity index (χ1v) is 4.39. The summed E-state index contributed by atoms with van der Waals surface area (Å²) >= 11 is 4.93. The topological polar surface area (TPSA) is 26.0 Å². The zero-order valence-electron chi connectivity index (χ0n) is 4.87. The van der Waals surface area contributed by atoms with Gasteiger partial charge in [-0.2, -0.15) is 0 Å². The number of benzene rings is 1. The first kappa shape index (κ1) is 8.26. The summed E-state index contributed by atoms with van der Waals surface area (Å²) in [7, 11) is 0. The molecule has 0 aliphatic rings. The van der Waals surface area contributed by atoms with E-state index in [1.54, 1.807) is 12.1 Å². The fraction of sp³-hybridized carbons (Fsp3) is 0. The molecule has 1 nitrogen and oxygen atoms in total. The van der Waals surface area contributed by atoms with Crippen LogP contribution in [0.5, 0.6) is 0 Å². The summed E-state index contributed by atoms with van der Waals surface area (Å²) in [5.41, 5.74) is 5.83. The number of halogens is 3. The van der Waals surface area contributed by atoms with E-state index in [0.717, 1.165) is 0 Å². The Bertz CT molecular complexity index is 237. The largest absolute Gasteiger partial charge is 0.398 e. The first-order chi connectivity index (χ1) is 4.63. The second kappa shape index (κ2) is 3.04. The molecule has 1 rings (SSSR count). The number of nitrogen functional groups attached to an aromatic ring is 1. The second-order valence-electron chi connectivity index (χ2n) is 1.76. The van der Waals surface area contributed by atoms with Crippen molar-refractivity contribution in [1.29, 1.82) is 0 Å². The Labute approximate surface area is 80.1 Å². The van der Waals surface area contributed by atoms with Crippen LogP contribution in [-0.2, 0) is 0 Å². The van der Waals surface area contributed by atoms with Crippen molar-refractivity contribution in [1.82, 2.24) is 0 Å². The van der Waals surface area contributed by atoms with Crippen LogP contribution in [0.4, 0.5) is 10.1 Å². The van der Waals surface area contributed by atoms with Gasteiger partial charge in [-0.15, -0.1) is 0 Å². The van der Waals surface area contributed by atoms with E-state index in [4.69, 9.17) is 5.73 Å². The molecule has 0 atom stereocenters. The van der Waals surface area contributed by atoms with Gasteiger partial charge in [0.15, 0.2) is 5.82 Å². The maximum absolute atomic E-state index is 12.9. The van der Waals surface area contributed by atoms with Crippen molar-refractivity contribution in [3.63, 3.8) is 0 Å². The predicted molar refractivity (Wildman–Crippen MR) is 51.2 cm³/mol. The number of nitrogens with two attached hydrogens (primary N) is 1. The Morgan fingerprint density at radius 3 is 2.60 bits per heavy atom. The summed E-state index contributed by atoms with van der Waals surface area (Å²) in [4.78, 5) is 0. The van der Waals surface area contributed by atoms with Crippen LogP contribution in [0.3, 0.4) is 0 Å². The Hall–Kier alpha value is 0.160. The van der Waals surface area contributed by atoms with Crippen LogP contribution in [0.15, 0.2) is 16.6 Å². The van der Waals surface area contributed by atoms with E-state index in [1.165, 1.54) is 0 Å². The molecule has 1 aromatic rings. The summed E-state index contributed by atoms with van der Waals surface area (Å²) in [6.07, 6.45) is 0. The molecule has 10 heavy (non-hydrogen) atoms. The lowest BCUT2D eigenvalue weighted by Gasteiger charge is -1.99. The van der Waals surface area contributed by atoms with E-state index < -0.39 is 0 Å². The van der Waals surface area contributed by atoms with Crippen LogP contribution in [0.25, 0.3) is 0 Å². The third-order valence-electron chi connectivity index (χ3n) is 1.07. The minimum atomic E-state index is -0.291. The highest BCUT2D eigenvalue weighted by Gasteiger charge is 2.05. The number of hydrogen-bond acceptors (Lipinski definition) is 1. The molecule has 0 saturated heterocycles. The van der Waals surface area contributed by atoms with Crippen LogP contribution in [0.1, 0.15) is 0 Å². The van der Waals surface area contributed by atoms with Crippen molar-refractivity contribution in [2.75, 3.05) is 5.73 Å². The zero-order chi connectivity index (χ0) is 7.72. The Kier molecular flexibility index (Phi) is 2.51. The molecule has 0 bridgehead atoms. The van der Waals surface area contributed by atoms with Crippen molar-refractivity contribution < 1.29 is 4.39 Å². The van der Waals surface area contributed by atoms with Crippen LogP contribution in [-0.4, -0.2) is 0 Å². The third kappa shape index (κ3) is 1.42. The van der Waals surface area contributed by atoms with Gasteiger partial charge in [0, 0.05) is 5.69 Å².